The molecule has 0 nitrogen and oxygen atoms in total. The molecule has 0 N–H and O–H groups in total. The zero-order valence-electron chi connectivity index (χ0n) is 7.02. The van der Waals surface area contributed by atoms with Gasteiger partial charge in [-0.3, -0.25) is 0 Å². The number of halogens is 8. The minimum Gasteiger partial charge on any atom is -0.0898 e. The van der Waals surface area contributed by atoms with E-state index in [4.69, 9.17) is 92.8 Å². The number of hydrogen-bond donors (Lipinski definition) is 0. The van der Waals surface area contributed by atoms with Crippen LogP contribution in [0.2, 0.25) is 0 Å². The molecule has 0 aromatic carbocycles. The first-order chi connectivity index (χ1) is 7.13. The predicted molar refractivity (Wildman–Crippen MR) is 73.4 cm³/mol. The van der Waals surface area contributed by atoms with Gasteiger partial charge in [0.15, 0.2) is 8.67 Å². The van der Waals surface area contributed by atoms with Gasteiger partial charge >= 0.3 is 0 Å². The Morgan fingerprint density at radius 2 is 1.12 bits per heavy atom. The highest BCUT2D eigenvalue weighted by molar-refractivity contribution is 6.67. The van der Waals surface area contributed by atoms with Crippen LogP contribution in [0.25, 0.3) is 0 Å². The van der Waals surface area contributed by atoms with Crippen molar-refractivity contribution in [2.45, 2.75) is 8.67 Å². The maximum absolute atomic E-state index is 6.04. The summed E-state index contributed by atoms with van der Waals surface area (Å²) in [5.74, 6) is 0. The predicted octanol–water partition coefficient (Wildman–Crippen LogP) is 6.04. The molecule has 0 radical (unpaired) electrons. The molecule has 0 spiro atoms. The third-order valence-corrected chi connectivity index (χ3v) is 6.23. The highest BCUT2D eigenvalue weighted by atomic mass is 35.5. The first-order valence-corrected chi connectivity index (χ1v) is 6.79. The minimum absolute atomic E-state index is 0.00892. The van der Waals surface area contributed by atoms with E-state index in [0.29, 0.717) is 5.57 Å². The topological polar surface area (TPSA) is 0 Å². The summed E-state index contributed by atoms with van der Waals surface area (Å²) in [7, 11) is 0. The standard InChI is InChI=1S/C8Cl8/c9-3-1-2(7(13,14)6(3)12)5(11)8(15,16)4(1)10. The Kier molecular flexibility index (Phi) is 3.50. The number of hydrogen-bond acceptors (Lipinski definition) is 0. The molecule has 0 unspecified atom stereocenters. The van der Waals surface area contributed by atoms with Gasteiger partial charge in [0.1, 0.15) is 0 Å². The van der Waals surface area contributed by atoms with E-state index < -0.39 is 8.67 Å². The summed E-state index contributed by atoms with van der Waals surface area (Å²) >= 11 is 47.8. The largest absolute Gasteiger partial charge is 0.189 e. The molecule has 0 amide bonds. The van der Waals surface area contributed by atoms with Crippen LogP contribution >= 0.6 is 92.8 Å². The Morgan fingerprint density at radius 1 is 0.625 bits per heavy atom. The molecule has 0 aliphatic heterocycles. The summed E-state index contributed by atoms with van der Waals surface area (Å²) in [5, 5.41) is 0.187. The van der Waals surface area contributed by atoms with E-state index >= 15 is 0 Å². The fourth-order valence-corrected chi connectivity index (χ4v) is 3.86. The fourth-order valence-electron chi connectivity index (χ4n) is 1.49. The van der Waals surface area contributed by atoms with Gasteiger partial charge in [0, 0.05) is 11.1 Å². The highest BCUT2D eigenvalue weighted by Gasteiger charge is 2.56. The summed E-state index contributed by atoms with van der Waals surface area (Å²) in [6, 6.07) is 0. The third-order valence-electron chi connectivity index (χ3n) is 2.24. The Morgan fingerprint density at radius 3 is 1.56 bits per heavy atom. The summed E-state index contributed by atoms with van der Waals surface area (Å²) in [5.41, 5.74) is 0.538. The first-order valence-electron chi connectivity index (χ1n) is 3.76. The maximum Gasteiger partial charge on any atom is 0.189 e. The molecular formula is C8Cl8. The number of allylic oxidation sites excluding steroid dienone is 6. The Bertz CT molecular complexity index is 478. The SMILES string of the molecule is ClC1=C(Cl)C(Cl)(Cl)C2=C(Cl)C(Cl)(Cl)C(Cl)=C12. The average Bonchev–Trinajstić information content (AvgIpc) is 2.46. The van der Waals surface area contributed by atoms with Crippen molar-refractivity contribution < 1.29 is 0 Å². The normalized spacial score (nSPS) is 27.0. The van der Waals surface area contributed by atoms with Crippen molar-refractivity contribution in [3.63, 3.8) is 0 Å². The molecule has 0 saturated heterocycles. The third kappa shape index (κ3) is 1.58. The van der Waals surface area contributed by atoms with Gasteiger partial charge in [-0.15, -0.1) is 0 Å². The van der Waals surface area contributed by atoms with E-state index in [9.17, 15) is 0 Å². The molecule has 0 heterocycles. The van der Waals surface area contributed by atoms with E-state index in [2.05, 4.69) is 0 Å². The fraction of sp³-hybridized carbons (Fsp3) is 0.250. The first kappa shape index (κ1) is 14.0. The van der Waals surface area contributed by atoms with Crippen molar-refractivity contribution in [2.24, 2.45) is 0 Å². The van der Waals surface area contributed by atoms with Crippen molar-refractivity contribution >= 4 is 92.8 Å². The molecule has 2 rings (SSSR count). The molecule has 0 fully saturated rings. The Labute approximate surface area is 132 Å². The Balaban J connectivity index is 2.82. The van der Waals surface area contributed by atoms with Crippen LogP contribution < -0.4 is 0 Å². The van der Waals surface area contributed by atoms with Crippen LogP contribution in [0.15, 0.2) is 31.3 Å². The van der Waals surface area contributed by atoms with Gasteiger partial charge in [0.25, 0.3) is 0 Å². The van der Waals surface area contributed by atoms with Crippen LogP contribution in [0.1, 0.15) is 0 Å². The van der Waals surface area contributed by atoms with Gasteiger partial charge in [0.2, 0.25) is 0 Å². The second-order valence-electron chi connectivity index (χ2n) is 3.15. The van der Waals surface area contributed by atoms with Gasteiger partial charge in [-0.1, -0.05) is 92.8 Å². The molecule has 8 heteroatoms. The van der Waals surface area contributed by atoms with Crippen LogP contribution in [-0.2, 0) is 0 Å². The van der Waals surface area contributed by atoms with Gasteiger partial charge in [-0.25, -0.2) is 0 Å². The van der Waals surface area contributed by atoms with Crippen molar-refractivity contribution in [2.75, 3.05) is 0 Å². The number of fused-ring (bicyclic) bond motifs is 1. The van der Waals surface area contributed by atoms with Crippen molar-refractivity contribution in [3.8, 4) is 0 Å². The average molecular weight is 380 g/mol. The van der Waals surface area contributed by atoms with Crippen LogP contribution in [0.4, 0.5) is 0 Å². The van der Waals surface area contributed by atoms with Crippen LogP contribution in [-0.4, -0.2) is 8.67 Å². The van der Waals surface area contributed by atoms with E-state index in [1.165, 1.54) is 0 Å². The van der Waals surface area contributed by atoms with Gasteiger partial charge < -0.3 is 0 Å². The van der Waals surface area contributed by atoms with Crippen LogP contribution in [0.5, 0.6) is 0 Å². The van der Waals surface area contributed by atoms with Crippen LogP contribution in [0, 0.1) is 0 Å². The lowest BCUT2D eigenvalue weighted by atomic mass is 10.2. The monoisotopic (exact) mass is 376 g/mol. The molecule has 0 aromatic rings. The van der Waals surface area contributed by atoms with Gasteiger partial charge in [-0.05, 0) is 0 Å². The number of alkyl halides is 4. The summed E-state index contributed by atoms with van der Waals surface area (Å²) < 4.78 is -3.16. The van der Waals surface area contributed by atoms with Gasteiger partial charge in [0.05, 0.1) is 20.1 Å². The van der Waals surface area contributed by atoms with Crippen molar-refractivity contribution in [3.05, 3.63) is 31.3 Å². The quantitative estimate of drug-likeness (QED) is 0.450. The lowest BCUT2D eigenvalue weighted by Crippen LogP contribution is -2.16. The molecular weight excluding hydrogens is 380 g/mol. The molecule has 16 heavy (non-hydrogen) atoms. The second kappa shape index (κ2) is 4.02. The molecule has 0 saturated carbocycles. The van der Waals surface area contributed by atoms with Gasteiger partial charge in [-0.2, -0.15) is 0 Å². The zero-order valence-corrected chi connectivity index (χ0v) is 13.1. The molecule has 2 aliphatic carbocycles. The van der Waals surface area contributed by atoms with Crippen molar-refractivity contribution in [1.82, 2.24) is 0 Å². The number of rotatable bonds is 0. The summed E-state index contributed by atoms with van der Waals surface area (Å²) in [6.45, 7) is 0. The van der Waals surface area contributed by atoms with E-state index in [0.717, 1.165) is 0 Å². The molecule has 0 bridgehead atoms. The minimum atomic E-state index is -1.58. The highest BCUT2D eigenvalue weighted by Crippen LogP contribution is 2.64. The summed E-state index contributed by atoms with van der Waals surface area (Å²) in [6.07, 6.45) is 0. The summed E-state index contributed by atoms with van der Waals surface area (Å²) in [4.78, 5) is 0. The lowest BCUT2D eigenvalue weighted by molar-refractivity contribution is 1.15. The second-order valence-corrected chi connectivity index (χ2v) is 7.32. The van der Waals surface area contributed by atoms with Crippen molar-refractivity contribution in [1.29, 1.82) is 0 Å². The zero-order chi connectivity index (χ0) is 12.5. The maximum atomic E-state index is 6.04. The molecule has 0 aromatic heterocycles. The van der Waals surface area contributed by atoms with Crippen LogP contribution in [0.3, 0.4) is 0 Å². The van der Waals surface area contributed by atoms with E-state index in [1.54, 1.807) is 0 Å². The van der Waals surface area contributed by atoms with E-state index in [1.807, 2.05) is 0 Å². The molecule has 2 aliphatic rings. The Hall–Kier alpha value is 1.54. The van der Waals surface area contributed by atoms with E-state index in [-0.39, 0.29) is 25.7 Å². The smallest absolute Gasteiger partial charge is 0.0898 e. The molecule has 88 valence electrons. The lowest BCUT2D eigenvalue weighted by Gasteiger charge is -2.18. The molecule has 0 atom stereocenters.